The number of halogens is 1. The van der Waals surface area contributed by atoms with Crippen LogP contribution in [0.5, 0.6) is 5.75 Å². The molecule has 0 aliphatic carbocycles. The number of amides is 2. The van der Waals surface area contributed by atoms with E-state index in [4.69, 9.17) is 14.6 Å². The second kappa shape index (κ2) is 11.9. The van der Waals surface area contributed by atoms with Crippen LogP contribution in [0.25, 0.3) is 0 Å². The fourth-order valence-electron chi connectivity index (χ4n) is 3.96. The van der Waals surface area contributed by atoms with Crippen LogP contribution in [0.1, 0.15) is 18.4 Å². The van der Waals surface area contributed by atoms with Crippen molar-refractivity contribution in [1.82, 2.24) is 4.90 Å². The zero-order valence-electron chi connectivity index (χ0n) is 19.8. The van der Waals surface area contributed by atoms with E-state index >= 15 is 0 Å². The normalized spacial score (nSPS) is 14.8. The van der Waals surface area contributed by atoms with Gasteiger partial charge in [-0.15, -0.1) is 0 Å². The average molecular weight is 558 g/mol. The van der Waals surface area contributed by atoms with E-state index in [-0.39, 0.29) is 5.91 Å². The Balaban J connectivity index is 1.56. The summed E-state index contributed by atoms with van der Waals surface area (Å²) in [4.78, 5) is 30.0. The van der Waals surface area contributed by atoms with Crippen molar-refractivity contribution in [2.24, 2.45) is 4.99 Å². The number of methoxy groups -OCH3 is 1. The molecule has 10 nitrogen and oxygen atoms in total. The standard InChI is InChI=1S/C25H28BrN5O5/c1-35-9-10-36-22-14-20-19(24(28-15-27-20)29-18-4-2-3-17(26)12-18)13-21(22)30-23(32)11-16-5-7-31(8-6-16)25(33)34/h2-4,11-14,27H,5-10,15H2,1H3,(H,28,29)(H,30,32)(H,33,34). The Bertz CT molecular complexity index is 1190. The number of nitrogens with zero attached hydrogens (tertiary/aromatic N) is 2. The first-order chi connectivity index (χ1) is 17.4. The Morgan fingerprint density at radius 3 is 2.75 bits per heavy atom. The number of hydrogen-bond donors (Lipinski definition) is 4. The molecule has 4 rings (SSSR count). The third-order valence-corrected chi connectivity index (χ3v) is 6.28. The molecule has 0 bridgehead atoms. The fraction of sp³-hybridized carbons (Fsp3) is 0.320. The number of fused-ring (bicyclic) bond motifs is 1. The monoisotopic (exact) mass is 557 g/mol. The van der Waals surface area contributed by atoms with Crippen molar-refractivity contribution in [3.63, 3.8) is 0 Å². The topological polar surface area (TPSA) is 125 Å². The number of anilines is 3. The number of carbonyl (C=O) groups excluding carboxylic acids is 1. The third kappa shape index (κ3) is 6.55. The number of benzene rings is 2. The number of carbonyl (C=O) groups is 2. The molecular weight excluding hydrogens is 530 g/mol. The van der Waals surface area contributed by atoms with Gasteiger partial charge in [-0.3, -0.25) is 4.79 Å². The number of hydrogen-bond acceptors (Lipinski definition) is 7. The van der Waals surface area contributed by atoms with E-state index < -0.39 is 6.09 Å². The average Bonchev–Trinajstić information content (AvgIpc) is 2.85. The molecule has 2 aromatic carbocycles. The molecule has 2 aliphatic rings. The highest BCUT2D eigenvalue weighted by atomic mass is 79.9. The van der Waals surface area contributed by atoms with E-state index in [1.165, 1.54) is 4.90 Å². The second-order valence-electron chi connectivity index (χ2n) is 8.27. The summed E-state index contributed by atoms with van der Waals surface area (Å²) in [6, 6.07) is 11.5. The van der Waals surface area contributed by atoms with Gasteiger partial charge in [0.1, 0.15) is 24.9 Å². The number of aliphatic imine (C=N–C) groups is 1. The van der Waals surface area contributed by atoms with Crippen LogP contribution < -0.4 is 20.7 Å². The summed E-state index contributed by atoms with van der Waals surface area (Å²) in [6.07, 6.45) is 1.66. The molecule has 0 radical (unpaired) electrons. The Hall–Kier alpha value is -3.57. The highest BCUT2D eigenvalue weighted by Gasteiger charge is 2.21. The van der Waals surface area contributed by atoms with Gasteiger partial charge in [0, 0.05) is 48.1 Å². The lowest BCUT2D eigenvalue weighted by molar-refractivity contribution is -0.112. The lowest BCUT2D eigenvalue weighted by atomic mass is 10.0. The quantitative estimate of drug-likeness (QED) is 0.294. The highest BCUT2D eigenvalue weighted by Crippen LogP contribution is 2.34. The number of nitrogens with one attached hydrogen (secondary N) is 3. The van der Waals surface area contributed by atoms with Gasteiger partial charge in [0.15, 0.2) is 0 Å². The maximum absolute atomic E-state index is 12.9. The molecule has 4 N–H and O–H groups in total. The molecule has 0 unspecified atom stereocenters. The Morgan fingerprint density at radius 2 is 2.03 bits per heavy atom. The van der Waals surface area contributed by atoms with Gasteiger partial charge in [-0.05, 0) is 37.1 Å². The Morgan fingerprint density at radius 1 is 1.22 bits per heavy atom. The van der Waals surface area contributed by atoms with Gasteiger partial charge in [0.25, 0.3) is 0 Å². The maximum Gasteiger partial charge on any atom is 0.407 e. The van der Waals surface area contributed by atoms with Crippen LogP contribution in [-0.2, 0) is 9.53 Å². The first-order valence-corrected chi connectivity index (χ1v) is 12.3. The summed E-state index contributed by atoms with van der Waals surface area (Å²) in [5.74, 6) is 0.877. The predicted octanol–water partition coefficient (Wildman–Crippen LogP) is 4.35. The van der Waals surface area contributed by atoms with Crippen LogP contribution in [0.3, 0.4) is 0 Å². The van der Waals surface area contributed by atoms with Crippen molar-refractivity contribution in [3.05, 3.63) is 58.1 Å². The molecule has 2 aromatic rings. The van der Waals surface area contributed by atoms with Gasteiger partial charge in [-0.25, -0.2) is 9.79 Å². The van der Waals surface area contributed by atoms with Gasteiger partial charge in [-0.2, -0.15) is 0 Å². The predicted molar refractivity (Wildman–Crippen MR) is 142 cm³/mol. The molecular formula is C25H28BrN5O5. The molecule has 190 valence electrons. The first kappa shape index (κ1) is 25.5. The van der Waals surface area contributed by atoms with Crippen LogP contribution >= 0.6 is 15.9 Å². The van der Waals surface area contributed by atoms with Crippen LogP contribution in [0.15, 0.2) is 57.5 Å². The molecule has 1 saturated heterocycles. The minimum absolute atomic E-state index is 0.299. The van der Waals surface area contributed by atoms with E-state index in [1.54, 1.807) is 13.2 Å². The maximum atomic E-state index is 12.9. The lowest BCUT2D eigenvalue weighted by Crippen LogP contribution is -2.35. The molecule has 2 heterocycles. The van der Waals surface area contributed by atoms with Crippen molar-refractivity contribution in [3.8, 4) is 5.75 Å². The van der Waals surface area contributed by atoms with Crippen LogP contribution in [-0.4, -0.2) is 67.9 Å². The van der Waals surface area contributed by atoms with Gasteiger partial charge >= 0.3 is 6.09 Å². The second-order valence-corrected chi connectivity index (χ2v) is 9.19. The van der Waals surface area contributed by atoms with Gasteiger partial charge < -0.3 is 35.4 Å². The summed E-state index contributed by atoms with van der Waals surface area (Å²) in [7, 11) is 1.60. The summed E-state index contributed by atoms with van der Waals surface area (Å²) in [6.45, 7) is 1.88. The third-order valence-electron chi connectivity index (χ3n) is 5.78. The van der Waals surface area contributed by atoms with Gasteiger partial charge in [0.05, 0.1) is 18.0 Å². The lowest BCUT2D eigenvalue weighted by Gasteiger charge is -2.25. The van der Waals surface area contributed by atoms with Crippen LogP contribution in [0, 0.1) is 0 Å². The largest absolute Gasteiger partial charge is 0.489 e. The van der Waals surface area contributed by atoms with Gasteiger partial charge in [-0.1, -0.05) is 27.6 Å². The summed E-state index contributed by atoms with van der Waals surface area (Å²) in [5, 5.41) is 18.7. The van der Waals surface area contributed by atoms with E-state index in [0.29, 0.717) is 63.1 Å². The SMILES string of the molecule is COCCOc1cc2c(cc1NC(=O)C=C1CCN(C(=O)O)CC1)C(Nc1cccc(Br)c1)=NCN2. The molecule has 36 heavy (non-hydrogen) atoms. The molecule has 0 saturated carbocycles. The van der Waals surface area contributed by atoms with Crippen molar-refractivity contribution in [2.45, 2.75) is 12.8 Å². The molecule has 2 amide bonds. The minimum atomic E-state index is -0.937. The molecule has 0 aromatic heterocycles. The van der Waals surface area contributed by atoms with E-state index in [0.717, 1.165) is 27.0 Å². The zero-order chi connectivity index (χ0) is 25.5. The number of likely N-dealkylation sites (tertiary alicyclic amines) is 1. The van der Waals surface area contributed by atoms with Crippen molar-refractivity contribution >= 4 is 50.8 Å². The number of carboxylic acid groups (broad SMARTS) is 1. The fourth-order valence-corrected chi connectivity index (χ4v) is 4.36. The molecule has 11 heteroatoms. The molecule has 2 aliphatic heterocycles. The van der Waals surface area contributed by atoms with Crippen molar-refractivity contribution in [1.29, 1.82) is 0 Å². The Labute approximate surface area is 217 Å². The van der Waals surface area contributed by atoms with Crippen LogP contribution in [0.4, 0.5) is 21.9 Å². The van der Waals surface area contributed by atoms with Gasteiger partial charge in [0.2, 0.25) is 5.91 Å². The van der Waals surface area contributed by atoms with E-state index in [2.05, 4.69) is 36.9 Å². The van der Waals surface area contributed by atoms with E-state index in [9.17, 15) is 9.59 Å². The molecule has 0 atom stereocenters. The first-order valence-electron chi connectivity index (χ1n) is 11.5. The van der Waals surface area contributed by atoms with Crippen molar-refractivity contribution < 1.29 is 24.2 Å². The number of piperidine rings is 1. The van der Waals surface area contributed by atoms with Crippen LogP contribution in [0.2, 0.25) is 0 Å². The summed E-state index contributed by atoms with van der Waals surface area (Å²) in [5.41, 5.74) is 3.90. The summed E-state index contributed by atoms with van der Waals surface area (Å²) >= 11 is 3.48. The smallest absolute Gasteiger partial charge is 0.407 e. The minimum Gasteiger partial charge on any atom is -0.489 e. The molecule has 0 spiro atoms. The number of rotatable bonds is 7. The zero-order valence-corrected chi connectivity index (χ0v) is 21.4. The molecule has 1 fully saturated rings. The van der Waals surface area contributed by atoms with Crippen molar-refractivity contribution in [2.75, 3.05) is 56.0 Å². The van der Waals surface area contributed by atoms with E-state index in [1.807, 2.05) is 36.4 Å². The summed E-state index contributed by atoms with van der Waals surface area (Å²) < 4.78 is 11.9. The number of amidine groups is 1. The highest BCUT2D eigenvalue weighted by molar-refractivity contribution is 9.10. The number of ether oxygens (including phenoxy) is 2. The Kier molecular flexibility index (Phi) is 8.44.